The fraction of sp³-hybridized carbons (Fsp3) is 0.200. The van der Waals surface area contributed by atoms with E-state index in [2.05, 4.69) is 10.5 Å². The number of thiophene rings is 1. The fourth-order valence-electron chi connectivity index (χ4n) is 2.02. The number of rotatable bonds is 4. The van der Waals surface area contributed by atoms with Crippen molar-refractivity contribution in [1.82, 2.24) is 10.5 Å². The summed E-state index contributed by atoms with van der Waals surface area (Å²) in [5.74, 6) is 0.220. The van der Waals surface area contributed by atoms with Gasteiger partial charge in [-0.3, -0.25) is 4.79 Å². The number of hydrogen-bond donors (Lipinski definition) is 2. The molecule has 108 valence electrons. The topological polar surface area (TPSA) is 75.4 Å². The molecular weight excluding hydrogens is 288 g/mol. The highest BCUT2D eigenvalue weighted by Gasteiger charge is 2.15. The van der Waals surface area contributed by atoms with Gasteiger partial charge in [-0.05, 0) is 24.4 Å². The van der Waals surface area contributed by atoms with E-state index >= 15 is 0 Å². The summed E-state index contributed by atoms with van der Waals surface area (Å²) in [6.45, 7) is 1.85. The third-order valence-corrected chi connectivity index (χ3v) is 4.31. The van der Waals surface area contributed by atoms with Crippen LogP contribution in [0.1, 0.15) is 27.2 Å². The molecular formula is C15H14N2O3S. The Balaban J connectivity index is 1.66. The van der Waals surface area contributed by atoms with Crippen LogP contribution in [-0.4, -0.2) is 22.7 Å². The van der Waals surface area contributed by atoms with E-state index in [0.29, 0.717) is 5.76 Å². The van der Waals surface area contributed by atoms with Crippen molar-refractivity contribution in [1.29, 1.82) is 0 Å². The summed E-state index contributed by atoms with van der Waals surface area (Å²) in [6, 6.07) is 11.4. The number of aromatic nitrogens is 1. The van der Waals surface area contributed by atoms with Gasteiger partial charge in [-0.15, -0.1) is 11.3 Å². The summed E-state index contributed by atoms with van der Waals surface area (Å²) in [7, 11) is 0. The van der Waals surface area contributed by atoms with Crippen LogP contribution in [0.5, 0.6) is 0 Å². The molecule has 0 aliphatic carbocycles. The number of benzene rings is 1. The number of aryl methyl sites for hydroxylation is 1. The maximum atomic E-state index is 11.8. The molecule has 2 aromatic heterocycles. The van der Waals surface area contributed by atoms with Crippen LogP contribution in [0, 0.1) is 6.92 Å². The van der Waals surface area contributed by atoms with Crippen molar-refractivity contribution in [3.63, 3.8) is 0 Å². The molecule has 0 bridgehead atoms. The molecule has 0 spiro atoms. The van der Waals surface area contributed by atoms with Crippen LogP contribution in [0.3, 0.4) is 0 Å². The van der Waals surface area contributed by atoms with E-state index < -0.39 is 6.10 Å². The van der Waals surface area contributed by atoms with Crippen LogP contribution in [0.4, 0.5) is 0 Å². The Morgan fingerprint density at radius 3 is 2.95 bits per heavy atom. The molecule has 0 saturated heterocycles. The Kier molecular flexibility index (Phi) is 3.72. The third-order valence-electron chi connectivity index (χ3n) is 3.09. The van der Waals surface area contributed by atoms with E-state index in [4.69, 9.17) is 4.52 Å². The number of aliphatic hydroxyl groups excluding tert-OH is 1. The first-order valence-electron chi connectivity index (χ1n) is 6.51. The van der Waals surface area contributed by atoms with Crippen molar-refractivity contribution in [2.24, 2.45) is 0 Å². The third kappa shape index (κ3) is 2.96. The van der Waals surface area contributed by atoms with E-state index in [1.54, 1.807) is 13.0 Å². The number of nitrogens with one attached hydrogen (secondary N) is 1. The van der Waals surface area contributed by atoms with Gasteiger partial charge in [-0.25, -0.2) is 0 Å². The van der Waals surface area contributed by atoms with Gasteiger partial charge in [0.05, 0.1) is 0 Å². The number of hydrogen-bond acceptors (Lipinski definition) is 5. The smallest absolute Gasteiger partial charge is 0.273 e. The highest BCUT2D eigenvalue weighted by molar-refractivity contribution is 7.19. The Morgan fingerprint density at radius 1 is 1.43 bits per heavy atom. The van der Waals surface area contributed by atoms with E-state index in [1.165, 1.54) is 11.3 Å². The van der Waals surface area contributed by atoms with Gasteiger partial charge >= 0.3 is 0 Å². The lowest BCUT2D eigenvalue weighted by Gasteiger charge is -2.08. The lowest BCUT2D eigenvalue weighted by atomic mass is 10.2. The number of nitrogens with zero attached hydrogens (tertiary/aromatic N) is 1. The second-order valence-corrected chi connectivity index (χ2v) is 5.85. The van der Waals surface area contributed by atoms with Crippen molar-refractivity contribution >= 4 is 27.3 Å². The second kappa shape index (κ2) is 5.67. The van der Waals surface area contributed by atoms with E-state index in [-0.39, 0.29) is 18.1 Å². The molecule has 1 aromatic carbocycles. The number of fused-ring (bicyclic) bond motifs is 1. The zero-order valence-electron chi connectivity index (χ0n) is 11.4. The van der Waals surface area contributed by atoms with Gasteiger partial charge in [0.1, 0.15) is 11.9 Å². The van der Waals surface area contributed by atoms with Crippen LogP contribution < -0.4 is 5.32 Å². The Labute approximate surface area is 125 Å². The van der Waals surface area contributed by atoms with Crippen LogP contribution in [0.15, 0.2) is 40.9 Å². The lowest BCUT2D eigenvalue weighted by molar-refractivity contribution is 0.0909. The Hall–Kier alpha value is -2.18. The van der Waals surface area contributed by atoms with Gasteiger partial charge in [0.2, 0.25) is 0 Å². The molecule has 3 aromatic rings. The minimum atomic E-state index is -0.737. The van der Waals surface area contributed by atoms with Crippen molar-refractivity contribution in [2.45, 2.75) is 13.0 Å². The molecule has 0 radical (unpaired) electrons. The first kappa shape index (κ1) is 13.8. The number of carbonyl (C=O) groups is 1. The Morgan fingerprint density at radius 2 is 2.24 bits per heavy atom. The van der Waals surface area contributed by atoms with Crippen LogP contribution in [0.2, 0.25) is 0 Å². The molecule has 2 N–H and O–H groups in total. The first-order chi connectivity index (χ1) is 10.1. The molecule has 0 fully saturated rings. The normalized spacial score (nSPS) is 12.5. The molecule has 1 amide bonds. The van der Waals surface area contributed by atoms with Crippen LogP contribution in [0.25, 0.3) is 10.1 Å². The van der Waals surface area contributed by atoms with Gasteiger partial charge in [0.15, 0.2) is 5.69 Å². The van der Waals surface area contributed by atoms with Crippen molar-refractivity contribution in [3.8, 4) is 0 Å². The molecule has 6 heteroatoms. The van der Waals surface area contributed by atoms with Crippen LogP contribution in [-0.2, 0) is 0 Å². The van der Waals surface area contributed by atoms with Gasteiger partial charge in [0.25, 0.3) is 5.91 Å². The molecule has 0 aliphatic rings. The molecule has 1 unspecified atom stereocenters. The average Bonchev–Trinajstić information content (AvgIpc) is 3.10. The average molecular weight is 302 g/mol. The van der Waals surface area contributed by atoms with Crippen LogP contribution >= 0.6 is 11.3 Å². The minimum Gasteiger partial charge on any atom is -0.386 e. The van der Waals surface area contributed by atoms with Crippen molar-refractivity contribution in [2.75, 3.05) is 6.54 Å². The Bertz CT molecular complexity index is 745. The van der Waals surface area contributed by atoms with Crippen molar-refractivity contribution < 1.29 is 14.4 Å². The summed E-state index contributed by atoms with van der Waals surface area (Å²) in [5, 5.41) is 17.6. The monoisotopic (exact) mass is 302 g/mol. The number of aliphatic hydroxyl groups is 1. The van der Waals surface area contributed by atoms with Gasteiger partial charge < -0.3 is 14.9 Å². The predicted molar refractivity (Wildman–Crippen MR) is 80.4 cm³/mol. The minimum absolute atomic E-state index is 0.136. The van der Waals surface area contributed by atoms with Crippen molar-refractivity contribution in [3.05, 3.63) is 52.7 Å². The summed E-state index contributed by atoms with van der Waals surface area (Å²) in [5.41, 5.74) is 0.219. The van der Waals surface area contributed by atoms with Gasteiger partial charge in [-0.2, -0.15) is 0 Å². The highest BCUT2D eigenvalue weighted by atomic mass is 32.1. The molecule has 3 rings (SSSR count). The first-order valence-corrected chi connectivity index (χ1v) is 7.33. The molecule has 2 heterocycles. The summed E-state index contributed by atoms with van der Waals surface area (Å²) >= 11 is 1.52. The van der Waals surface area contributed by atoms with E-state index in [0.717, 1.165) is 15.0 Å². The van der Waals surface area contributed by atoms with E-state index in [1.807, 2.05) is 30.3 Å². The van der Waals surface area contributed by atoms with E-state index in [9.17, 15) is 9.90 Å². The van der Waals surface area contributed by atoms with Gasteiger partial charge in [0, 0.05) is 22.2 Å². The fourth-order valence-corrected chi connectivity index (χ4v) is 3.07. The molecule has 0 aliphatic heterocycles. The SMILES string of the molecule is Cc1cc(C(=O)NCC(O)c2cc3ccccc3s2)no1. The zero-order chi connectivity index (χ0) is 14.8. The zero-order valence-corrected chi connectivity index (χ0v) is 12.2. The maximum absolute atomic E-state index is 11.8. The summed E-state index contributed by atoms with van der Waals surface area (Å²) < 4.78 is 5.96. The predicted octanol–water partition coefficient (Wildman–Crippen LogP) is 2.66. The molecule has 0 saturated carbocycles. The number of carbonyl (C=O) groups excluding carboxylic acids is 1. The lowest BCUT2D eigenvalue weighted by Crippen LogP contribution is -2.28. The highest BCUT2D eigenvalue weighted by Crippen LogP contribution is 2.29. The molecule has 21 heavy (non-hydrogen) atoms. The quantitative estimate of drug-likeness (QED) is 0.777. The van der Waals surface area contributed by atoms with Gasteiger partial charge in [-0.1, -0.05) is 23.4 Å². The molecule has 1 atom stereocenters. The number of amides is 1. The second-order valence-electron chi connectivity index (χ2n) is 4.74. The summed E-state index contributed by atoms with van der Waals surface area (Å²) in [4.78, 5) is 12.7. The summed E-state index contributed by atoms with van der Waals surface area (Å²) in [6.07, 6.45) is -0.737. The maximum Gasteiger partial charge on any atom is 0.273 e. The largest absolute Gasteiger partial charge is 0.386 e. The molecule has 5 nitrogen and oxygen atoms in total. The standard InChI is InChI=1S/C15H14N2O3S/c1-9-6-11(17-20-9)15(19)16-8-12(18)14-7-10-4-2-3-5-13(10)21-14/h2-7,12,18H,8H2,1H3,(H,16,19).